The highest BCUT2D eigenvalue weighted by Gasteiger charge is 2.43. The average molecular weight is 281 g/mol. The number of nitrogens with zero attached hydrogens (tertiary/aromatic N) is 1. The molecule has 0 fully saturated rings. The van der Waals surface area contributed by atoms with E-state index in [-0.39, 0.29) is 0 Å². The van der Waals surface area contributed by atoms with Gasteiger partial charge in [0.1, 0.15) is 10.7 Å². The standard InChI is InChI=1S/C10H7F4NO2S/c11-8-3-1-2-4-9(8)18(16,17)6-7(5-15)10(12,13)14/h1-4,7H,6H2. The van der Waals surface area contributed by atoms with Gasteiger partial charge in [0.25, 0.3) is 0 Å². The lowest BCUT2D eigenvalue weighted by atomic mass is 10.2. The van der Waals surface area contributed by atoms with E-state index >= 15 is 0 Å². The molecule has 0 saturated heterocycles. The predicted molar refractivity (Wildman–Crippen MR) is 53.6 cm³/mol. The Hall–Kier alpha value is -1.62. The molecule has 8 heteroatoms. The smallest absolute Gasteiger partial charge is 0.224 e. The molecular formula is C10H7F4NO2S. The van der Waals surface area contributed by atoms with Crippen molar-refractivity contribution in [2.45, 2.75) is 11.1 Å². The second-order valence-corrected chi connectivity index (χ2v) is 5.44. The fraction of sp³-hybridized carbons (Fsp3) is 0.300. The van der Waals surface area contributed by atoms with Crippen LogP contribution in [0.3, 0.4) is 0 Å². The summed E-state index contributed by atoms with van der Waals surface area (Å²) in [7, 11) is -4.50. The molecule has 0 saturated carbocycles. The second kappa shape index (κ2) is 4.94. The molecule has 0 aliphatic carbocycles. The van der Waals surface area contributed by atoms with Crippen molar-refractivity contribution >= 4 is 9.84 Å². The maximum atomic E-state index is 13.2. The third-order valence-electron chi connectivity index (χ3n) is 2.11. The van der Waals surface area contributed by atoms with E-state index < -0.39 is 38.4 Å². The lowest BCUT2D eigenvalue weighted by Crippen LogP contribution is -2.29. The average Bonchev–Trinajstić information content (AvgIpc) is 2.24. The quantitative estimate of drug-likeness (QED) is 0.799. The van der Waals surface area contributed by atoms with Gasteiger partial charge in [-0.25, -0.2) is 12.8 Å². The highest BCUT2D eigenvalue weighted by Crippen LogP contribution is 2.29. The molecule has 0 aromatic heterocycles. The third kappa shape index (κ3) is 3.20. The molecule has 1 unspecified atom stereocenters. The van der Waals surface area contributed by atoms with Gasteiger partial charge in [-0.1, -0.05) is 12.1 Å². The van der Waals surface area contributed by atoms with Crippen molar-refractivity contribution in [3.63, 3.8) is 0 Å². The maximum absolute atomic E-state index is 13.2. The van der Waals surface area contributed by atoms with Crippen molar-refractivity contribution in [2.24, 2.45) is 5.92 Å². The number of halogens is 4. The van der Waals surface area contributed by atoms with E-state index in [1.165, 1.54) is 12.1 Å². The fourth-order valence-electron chi connectivity index (χ4n) is 1.21. The van der Waals surface area contributed by atoms with Crippen LogP contribution >= 0.6 is 0 Å². The summed E-state index contributed by atoms with van der Waals surface area (Å²) < 4.78 is 73.2. The molecule has 0 radical (unpaired) electrons. The number of benzene rings is 1. The summed E-state index contributed by atoms with van der Waals surface area (Å²) in [6, 6.07) is 4.93. The number of hydrogen-bond donors (Lipinski definition) is 0. The van der Waals surface area contributed by atoms with Gasteiger partial charge in [-0.15, -0.1) is 0 Å². The molecule has 1 atom stereocenters. The zero-order valence-electron chi connectivity index (χ0n) is 8.78. The summed E-state index contributed by atoms with van der Waals surface area (Å²) in [5.74, 6) is -5.31. The van der Waals surface area contributed by atoms with Crippen LogP contribution in [-0.4, -0.2) is 20.3 Å². The summed E-state index contributed by atoms with van der Waals surface area (Å²) in [5, 5.41) is 8.31. The molecule has 18 heavy (non-hydrogen) atoms. The molecule has 1 rings (SSSR count). The summed E-state index contributed by atoms with van der Waals surface area (Å²) in [6.45, 7) is 0. The summed E-state index contributed by atoms with van der Waals surface area (Å²) in [4.78, 5) is -0.838. The van der Waals surface area contributed by atoms with Crippen molar-refractivity contribution < 1.29 is 26.0 Å². The Morgan fingerprint density at radius 2 is 1.83 bits per heavy atom. The summed E-state index contributed by atoms with van der Waals surface area (Å²) in [5.41, 5.74) is 0. The van der Waals surface area contributed by atoms with Crippen LogP contribution in [0.25, 0.3) is 0 Å². The normalized spacial score (nSPS) is 13.9. The molecule has 0 bridgehead atoms. The van der Waals surface area contributed by atoms with Gasteiger partial charge in [0.2, 0.25) is 0 Å². The minimum Gasteiger partial charge on any atom is -0.224 e. The third-order valence-corrected chi connectivity index (χ3v) is 3.88. The van der Waals surface area contributed by atoms with Gasteiger partial charge in [-0.05, 0) is 12.1 Å². The molecule has 0 N–H and O–H groups in total. The Morgan fingerprint density at radius 3 is 2.28 bits per heavy atom. The van der Waals surface area contributed by atoms with Crippen LogP contribution in [0, 0.1) is 23.1 Å². The van der Waals surface area contributed by atoms with E-state index in [1.54, 1.807) is 0 Å². The van der Waals surface area contributed by atoms with Crippen LogP contribution in [0.1, 0.15) is 0 Å². The molecule has 98 valence electrons. The lowest BCUT2D eigenvalue weighted by Gasteiger charge is -2.13. The van der Waals surface area contributed by atoms with Crippen LogP contribution in [-0.2, 0) is 9.84 Å². The molecule has 0 amide bonds. The van der Waals surface area contributed by atoms with Crippen LogP contribution in [0.2, 0.25) is 0 Å². The highest BCUT2D eigenvalue weighted by atomic mass is 32.2. The molecular weight excluding hydrogens is 274 g/mol. The van der Waals surface area contributed by atoms with Crippen molar-refractivity contribution in [1.29, 1.82) is 5.26 Å². The first-order valence-corrected chi connectivity index (χ1v) is 6.27. The molecule has 1 aromatic rings. The molecule has 0 aliphatic rings. The van der Waals surface area contributed by atoms with Gasteiger partial charge < -0.3 is 0 Å². The first-order valence-electron chi connectivity index (χ1n) is 4.62. The van der Waals surface area contributed by atoms with Gasteiger partial charge >= 0.3 is 6.18 Å². The van der Waals surface area contributed by atoms with Gasteiger partial charge in [0, 0.05) is 0 Å². The van der Waals surface area contributed by atoms with E-state index in [9.17, 15) is 26.0 Å². The Morgan fingerprint density at radius 1 is 1.28 bits per heavy atom. The van der Waals surface area contributed by atoms with Gasteiger partial charge in [-0.3, -0.25) is 0 Å². The molecule has 0 aliphatic heterocycles. The topological polar surface area (TPSA) is 57.9 Å². The molecule has 3 nitrogen and oxygen atoms in total. The SMILES string of the molecule is N#CC(CS(=O)(=O)c1ccccc1F)C(F)(F)F. The van der Waals surface area contributed by atoms with Crippen LogP contribution in [0.5, 0.6) is 0 Å². The first-order chi connectivity index (χ1) is 8.18. The monoisotopic (exact) mass is 281 g/mol. The number of nitriles is 1. The zero-order chi connectivity index (χ0) is 14.0. The molecule has 0 heterocycles. The molecule has 1 aromatic carbocycles. The number of rotatable bonds is 3. The minimum atomic E-state index is -4.97. The van der Waals surface area contributed by atoms with Crippen LogP contribution in [0.4, 0.5) is 17.6 Å². The number of hydrogen-bond acceptors (Lipinski definition) is 3. The first kappa shape index (κ1) is 14.4. The van der Waals surface area contributed by atoms with Crippen LogP contribution < -0.4 is 0 Å². The largest absolute Gasteiger partial charge is 0.405 e. The van der Waals surface area contributed by atoms with Gasteiger partial charge in [0.15, 0.2) is 15.8 Å². The Kier molecular flexibility index (Phi) is 3.96. The molecule has 0 spiro atoms. The second-order valence-electron chi connectivity index (χ2n) is 3.44. The van der Waals surface area contributed by atoms with Crippen molar-refractivity contribution in [3.05, 3.63) is 30.1 Å². The number of sulfone groups is 1. The van der Waals surface area contributed by atoms with Crippen molar-refractivity contribution in [3.8, 4) is 6.07 Å². The summed E-state index contributed by atoms with van der Waals surface area (Å²) in [6.07, 6.45) is -4.97. The summed E-state index contributed by atoms with van der Waals surface area (Å²) >= 11 is 0. The van der Waals surface area contributed by atoms with E-state index in [1.807, 2.05) is 0 Å². The Bertz CT molecular complexity index is 574. The van der Waals surface area contributed by atoms with E-state index in [2.05, 4.69) is 0 Å². The Balaban J connectivity index is 3.11. The maximum Gasteiger partial charge on any atom is 0.405 e. The lowest BCUT2D eigenvalue weighted by molar-refractivity contribution is -0.153. The Labute approximate surface area is 101 Å². The number of alkyl halides is 3. The van der Waals surface area contributed by atoms with Crippen molar-refractivity contribution in [1.82, 2.24) is 0 Å². The zero-order valence-corrected chi connectivity index (χ0v) is 9.59. The van der Waals surface area contributed by atoms with E-state index in [4.69, 9.17) is 5.26 Å². The van der Waals surface area contributed by atoms with Gasteiger partial charge in [0.05, 0.1) is 11.8 Å². The van der Waals surface area contributed by atoms with E-state index in [0.29, 0.717) is 0 Å². The highest BCUT2D eigenvalue weighted by molar-refractivity contribution is 7.91. The fourth-order valence-corrected chi connectivity index (χ4v) is 2.74. The minimum absolute atomic E-state index is 0.821. The van der Waals surface area contributed by atoms with Crippen LogP contribution in [0.15, 0.2) is 29.2 Å². The van der Waals surface area contributed by atoms with Gasteiger partial charge in [-0.2, -0.15) is 18.4 Å². The van der Waals surface area contributed by atoms with Crippen molar-refractivity contribution in [2.75, 3.05) is 5.75 Å². The van der Waals surface area contributed by atoms with E-state index in [0.717, 1.165) is 18.2 Å². The predicted octanol–water partition coefficient (Wildman–Crippen LogP) is 2.30.